The fourth-order valence-electron chi connectivity index (χ4n) is 1.37. The number of thiophene rings is 1. The fraction of sp³-hybridized carbons (Fsp3) is 0.0769. The molecule has 0 aliphatic rings. The first-order valence-electron chi connectivity index (χ1n) is 4.83. The van der Waals surface area contributed by atoms with Gasteiger partial charge in [-0.3, -0.25) is 0 Å². The number of hydrogen-bond donors (Lipinski definition) is 0. The van der Waals surface area contributed by atoms with Crippen LogP contribution in [-0.4, -0.2) is 0 Å². The molecule has 0 nitrogen and oxygen atoms in total. The third-order valence-corrected chi connectivity index (χ3v) is 3.97. The summed E-state index contributed by atoms with van der Waals surface area (Å²) in [6, 6.07) is 7.97. The molecule has 0 amide bonds. The molecule has 0 atom stereocenters. The summed E-state index contributed by atoms with van der Waals surface area (Å²) in [5.74, 6) is 0. The summed E-state index contributed by atoms with van der Waals surface area (Å²) >= 11 is 11.1. The molecule has 0 spiro atoms. The van der Waals surface area contributed by atoms with Crippen LogP contribution in [0.15, 0.2) is 34.1 Å². The van der Waals surface area contributed by atoms with Gasteiger partial charge in [-0.2, -0.15) is 0 Å². The third-order valence-electron chi connectivity index (χ3n) is 2.17. The maximum atomic E-state index is 5.89. The molecule has 0 fully saturated rings. The number of halogens is 2. The van der Waals surface area contributed by atoms with Gasteiger partial charge >= 0.3 is 0 Å². The molecule has 0 saturated carbocycles. The number of aryl methyl sites for hydroxylation is 1. The summed E-state index contributed by atoms with van der Waals surface area (Å²) in [5.41, 5.74) is 2.37. The van der Waals surface area contributed by atoms with Crippen molar-refractivity contribution in [2.45, 2.75) is 6.92 Å². The third kappa shape index (κ3) is 2.97. The molecule has 1 heterocycles. The second-order valence-corrected chi connectivity index (χ2v) is 5.90. The van der Waals surface area contributed by atoms with Crippen molar-refractivity contribution in [2.75, 3.05) is 0 Å². The average Bonchev–Trinajstić information content (AvgIpc) is 2.63. The maximum absolute atomic E-state index is 5.89. The smallest absolute Gasteiger partial charge is 0.0417 e. The Kier molecular flexibility index (Phi) is 3.85. The van der Waals surface area contributed by atoms with Gasteiger partial charge in [0.2, 0.25) is 0 Å². The summed E-state index contributed by atoms with van der Waals surface area (Å²) in [6.07, 6.45) is 4.19. The topological polar surface area (TPSA) is 0 Å². The van der Waals surface area contributed by atoms with Gasteiger partial charge in [0.1, 0.15) is 0 Å². The minimum Gasteiger partial charge on any atom is -0.149 e. The largest absolute Gasteiger partial charge is 0.149 e. The Morgan fingerprint density at radius 2 is 2.06 bits per heavy atom. The zero-order valence-electron chi connectivity index (χ0n) is 8.71. The van der Waals surface area contributed by atoms with E-state index in [1.807, 2.05) is 18.2 Å². The quantitative estimate of drug-likeness (QED) is 0.672. The molecule has 2 rings (SSSR count). The molecule has 0 aliphatic carbocycles. The van der Waals surface area contributed by atoms with Crippen molar-refractivity contribution in [3.8, 4) is 0 Å². The van der Waals surface area contributed by atoms with Crippen LogP contribution in [0.5, 0.6) is 0 Å². The predicted octanol–water partition coefficient (Wildman–Crippen LogP) is 5.64. The van der Waals surface area contributed by atoms with Crippen LogP contribution in [0.2, 0.25) is 5.02 Å². The highest BCUT2D eigenvalue weighted by atomic mass is 79.9. The highest BCUT2D eigenvalue weighted by Gasteiger charge is 1.97. The highest BCUT2D eigenvalue weighted by Crippen LogP contribution is 2.24. The summed E-state index contributed by atoms with van der Waals surface area (Å²) in [5, 5.41) is 2.89. The summed E-state index contributed by atoms with van der Waals surface area (Å²) in [4.78, 5) is 1.33. The van der Waals surface area contributed by atoms with Crippen LogP contribution in [0.25, 0.3) is 12.2 Å². The predicted molar refractivity (Wildman–Crippen MR) is 77.1 cm³/mol. The molecule has 0 N–H and O–H groups in total. The van der Waals surface area contributed by atoms with Crippen molar-refractivity contribution < 1.29 is 0 Å². The highest BCUT2D eigenvalue weighted by molar-refractivity contribution is 9.10. The van der Waals surface area contributed by atoms with E-state index in [1.165, 1.54) is 10.4 Å². The van der Waals surface area contributed by atoms with Gasteiger partial charge in [-0.05, 0) is 41.6 Å². The Labute approximate surface area is 113 Å². The van der Waals surface area contributed by atoms with Crippen LogP contribution >= 0.6 is 38.9 Å². The van der Waals surface area contributed by atoms with Crippen molar-refractivity contribution in [1.29, 1.82) is 0 Å². The molecule has 16 heavy (non-hydrogen) atoms. The zero-order chi connectivity index (χ0) is 11.5. The molecule has 0 aliphatic heterocycles. The first kappa shape index (κ1) is 11.9. The van der Waals surface area contributed by atoms with Crippen LogP contribution in [0.4, 0.5) is 0 Å². The van der Waals surface area contributed by atoms with E-state index >= 15 is 0 Å². The van der Waals surface area contributed by atoms with Gasteiger partial charge in [0.05, 0.1) is 0 Å². The van der Waals surface area contributed by atoms with Crippen molar-refractivity contribution in [3.05, 3.63) is 55.1 Å². The van der Waals surface area contributed by atoms with Gasteiger partial charge in [-0.1, -0.05) is 45.7 Å². The van der Waals surface area contributed by atoms with Gasteiger partial charge in [0, 0.05) is 14.4 Å². The molecule has 3 heteroatoms. The first-order valence-corrected chi connectivity index (χ1v) is 6.88. The monoisotopic (exact) mass is 312 g/mol. The molecular weight excluding hydrogens is 304 g/mol. The number of rotatable bonds is 2. The van der Waals surface area contributed by atoms with Crippen molar-refractivity contribution in [3.63, 3.8) is 0 Å². The molecule has 82 valence electrons. The van der Waals surface area contributed by atoms with E-state index < -0.39 is 0 Å². The summed E-state index contributed by atoms with van der Waals surface area (Å²) in [7, 11) is 0. The van der Waals surface area contributed by atoms with Gasteiger partial charge in [0.15, 0.2) is 0 Å². The molecule has 0 unspecified atom stereocenters. The molecule has 0 radical (unpaired) electrons. The van der Waals surface area contributed by atoms with Crippen molar-refractivity contribution in [2.24, 2.45) is 0 Å². The van der Waals surface area contributed by atoms with E-state index in [4.69, 9.17) is 11.6 Å². The standard InChI is InChI=1S/C13H10BrClS/c1-9-6-10(8-16-9)2-3-11-4-5-12(15)7-13(11)14/h2-8H,1H3/b3-2-. The Morgan fingerprint density at radius 3 is 2.69 bits per heavy atom. The Balaban J connectivity index is 2.23. The summed E-state index contributed by atoms with van der Waals surface area (Å²) < 4.78 is 1.02. The van der Waals surface area contributed by atoms with E-state index in [9.17, 15) is 0 Å². The normalized spacial score (nSPS) is 11.2. The lowest BCUT2D eigenvalue weighted by molar-refractivity contribution is 1.60. The van der Waals surface area contributed by atoms with Gasteiger partial charge in [0.25, 0.3) is 0 Å². The van der Waals surface area contributed by atoms with Gasteiger partial charge in [-0.15, -0.1) is 11.3 Å². The van der Waals surface area contributed by atoms with E-state index in [2.05, 4.69) is 46.5 Å². The second-order valence-electron chi connectivity index (χ2n) is 3.49. The zero-order valence-corrected chi connectivity index (χ0v) is 11.9. The number of benzene rings is 1. The lowest BCUT2D eigenvalue weighted by Crippen LogP contribution is -1.75. The van der Waals surface area contributed by atoms with Crippen LogP contribution in [0.1, 0.15) is 16.0 Å². The van der Waals surface area contributed by atoms with Crippen LogP contribution in [0, 0.1) is 6.92 Å². The van der Waals surface area contributed by atoms with Crippen LogP contribution in [0.3, 0.4) is 0 Å². The van der Waals surface area contributed by atoms with E-state index in [0.717, 1.165) is 15.1 Å². The lowest BCUT2D eigenvalue weighted by atomic mass is 10.2. The SMILES string of the molecule is Cc1cc(/C=C\c2ccc(Cl)cc2Br)cs1. The van der Waals surface area contributed by atoms with E-state index in [-0.39, 0.29) is 0 Å². The molecule has 0 saturated heterocycles. The first-order chi connectivity index (χ1) is 7.65. The minimum absolute atomic E-state index is 0.746. The van der Waals surface area contributed by atoms with Crippen LogP contribution < -0.4 is 0 Å². The van der Waals surface area contributed by atoms with Gasteiger partial charge < -0.3 is 0 Å². The maximum Gasteiger partial charge on any atom is 0.0417 e. The fourth-order valence-corrected chi connectivity index (χ4v) is 2.86. The molecular formula is C13H10BrClS. The molecule has 2 aromatic rings. The number of hydrogen-bond acceptors (Lipinski definition) is 1. The van der Waals surface area contributed by atoms with Crippen LogP contribution in [-0.2, 0) is 0 Å². The Hall–Kier alpha value is -0.570. The minimum atomic E-state index is 0.746. The van der Waals surface area contributed by atoms with Gasteiger partial charge in [-0.25, -0.2) is 0 Å². The Morgan fingerprint density at radius 1 is 1.25 bits per heavy atom. The van der Waals surface area contributed by atoms with E-state index in [0.29, 0.717) is 0 Å². The van der Waals surface area contributed by atoms with Crippen molar-refractivity contribution >= 4 is 51.0 Å². The lowest BCUT2D eigenvalue weighted by Gasteiger charge is -1.98. The molecule has 0 bridgehead atoms. The van der Waals surface area contributed by atoms with Crippen molar-refractivity contribution in [1.82, 2.24) is 0 Å². The molecule has 1 aromatic heterocycles. The second kappa shape index (κ2) is 5.17. The average molecular weight is 314 g/mol. The Bertz CT molecular complexity index is 528. The summed E-state index contributed by atoms with van der Waals surface area (Å²) in [6.45, 7) is 2.11. The molecule has 1 aromatic carbocycles. The van der Waals surface area contributed by atoms with E-state index in [1.54, 1.807) is 11.3 Å².